The highest BCUT2D eigenvalue weighted by Gasteiger charge is 2.53. The number of rotatable bonds is 6. The number of thiophene rings is 1. The summed E-state index contributed by atoms with van der Waals surface area (Å²) in [6.07, 6.45) is 10.3. The third-order valence-corrected chi connectivity index (χ3v) is 9.58. The molecule has 2 aromatic heterocycles. The molecule has 5 aliphatic rings. The van der Waals surface area contributed by atoms with Crippen LogP contribution in [-0.2, 0) is 4.79 Å². The molecule has 1 N–H and O–H groups in total. The number of nitrogens with zero attached hydrogens (tertiary/aromatic N) is 3. The minimum Gasteiger partial charge on any atom is -0.420 e. The van der Waals surface area contributed by atoms with Crippen molar-refractivity contribution in [2.24, 2.45) is 23.2 Å². The molecular weight excluding hydrogens is 420 g/mol. The minimum atomic E-state index is 0.198. The molecular formula is C25H34N4O2S. The summed E-state index contributed by atoms with van der Waals surface area (Å²) >= 11 is 1.63. The van der Waals surface area contributed by atoms with Gasteiger partial charge in [-0.15, -0.1) is 10.2 Å². The van der Waals surface area contributed by atoms with Gasteiger partial charge in [0.25, 0.3) is 0 Å². The van der Waals surface area contributed by atoms with Crippen molar-refractivity contribution in [1.82, 2.24) is 20.4 Å². The predicted molar refractivity (Wildman–Crippen MR) is 124 cm³/mol. The van der Waals surface area contributed by atoms with E-state index >= 15 is 0 Å². The highest BCUT2D eigenvalue weighted by Crippen LogP contribution is 2.61. The maximum atomic E-state index is 12.9. The highest BCUT2D eigenvalue weighted by molar-refractivity contribution is 7.08. The largest absolute Gasteiger partial charge is 0.420 e. The van der Waals surface area contributed by atoms with Crippen molar-refractivity contribution < 1.29 is 9.21 Å². The molecule has 4 saturated carbocycles. The second-order valence-electron chi connectivity index (χ2n) is 11.1. The average Bonchev–Trinajstić information content (AvgIpc) is 3.45. The number of amides is 1. The Morgan fingerprint density at radius 3 is 2.50 bits per heavy atom. The van der Waals surface area contributed by atoms with E-state index in [0.717, 1.165) is 55.1 Å². The smallest absolute Gasteiger partial charge is 0.248 e. The first-order valence-corrected chi connectivity index (χ1v) is 13.4. The summed E-state index contributed by atoms with van der Waals surface area (Å²) in [6, 6.07) is 2.31. The summed E-state index contributed by atoms with van der Waals surface area (Å²) in [5.41, 5.74) is 1.37. The molecule has 1 atom stereocenters. The summed E-state index contributed by atoms with van der Waals surface area (Å²) in [5, 5.41) is 16.0. The molecule has 6 nitrogen and oxygen atoms in total. The van der Waals surface area contributed by atoms with Crippen molar-refractivity contribution in [2.45, 2.75) is 70.3 Å². The normalized spacial score (nSPS) is 33.5. The number of hydrogen-bond acceptors (Lipinski definition) is 6. The SMILES string of the molecule is CC(NC(=O)CN1CCC(c2nnc(-c3ccsc3)o2)CC1)C12CC3CC(CC(C3)C1)C2. The molecule has 0 aromatic carbocycles. The fourth-order valence-electron chi connectivity index (χ4n) is 7.59. The van der Waals surface area contributed by atoms with Gasteiger partial charge < -0.3 is 9.73 Å². The van der Waals surface area contributed by atoms with E-state index in [2.05, 4.69) is 27.3 Å². The lowest BCUT2D eigenvalue weighted by atomic mass is 9.48. The Morgan fingerprint density at radius 1 is 1.19 bits per heavy atom. The second-order valence-corrected chi connectivity index (χ2v) is 11.9. The standard InChI is InChI=1S/C25H34N4O2S/c1-16(25-11-17-8-18(12-25)10-19(9-17)13-25)26-22(30)14-29-5-2-20(3-6-29)23-27-28-24(31-23)21-4-7-32-15-21/h4,7,15-20H,2-3,5-6,8-14H2,1H3,(H,26,30). The number of hydrogen-bond donors (Lipinski definition) is 1. The molecule has 32 heavy (non-hydrogen) atoms. The van der Waals surface area contributed by atoms with E-state index in [1.165, 1.54) is 38.5 Å². The van der Waals surface area contributed by atoms with Gasteiger partial charge in [0.05, 0.1) is 6.54 Å². The van der Waals surface area contributed by atoms with Gasteiger partial charge in [0.15, 0.2) is 0 Å². The molecule has 4 aliphatic carbocycles. The van der Waals surface area contributed by atoms with E-state index in [0.29, 0.717) is 29.8 Å². The number of likely N-dealkylation sites (tertiary alicyclic amines) is 1. The minimum absolute atomic E-state index is 0.198. The predicted octanol–water partition coefficient (Wildman–Crippen LogP) is 4.70. The zero-order valence-electron chi connectivity index (χ0n) is 19.0. The number of carbonyl (C=O) groups is 1. The maximum absolute atomic E-state index is 12.9. The lowest BCUT2D eigenvalue weighted by molar-refractivity contribution is -0.127. The van der Waals surface area contributed by atoms with Crippen LogP contribution in [0, 0.1) is 23.2 Å². The number of carbonyl (C=O) groups excluding carboxylic acids is 1. The lowest BCUT2D eigenvalue weighted by Crippen LogP contribution is -2.56. The maximum Gasteiger partial charge on any atom is 0.248 e. The zero-order valence-corrected chi connectivity index (χ0v) is 19.8. The van der Waals surface area contributed by atoms with Crippen LogP contribution in [0.4, 0.5) is 0 Å². The molecule has 7 rings (SSSR count). The zero-order chi connectivity index (χ0) is 21.7. The molecule has 0 radical (unpaired) electrons. The van der Waals surface area contributed by atoms with Crippen molar-refractivity contribution in [3.63, 3.8) is 0 Å². The van der Waals surface area contributed by atoms with Crippen LogP contribution in [0.2, 0.25) is 0 Å². The first-order valence-electron chi connectivity index (χ1n) is 12.4. The monoisotopic (exact) mass is 454 g/mol. The lowest BCUT2D eigenvalue weighted by Gasteiger charge is -2.59. The third-order valence-electron chi connectivity index (χ3n) is 8.89. The molecule has 4 bridgehead atoms. The summed E-state index contributed by atoms with van der Waals surface area (Å²) in [4.78, 5) is 15.2. The van der Waals surface area contributed by atoms with Crippen molar-refractivity contribution in [2.75, 3.05) is 19.6 Å². The Hall–Kier alpha value is -1.73. The van der Waals surface area contributed by atoms with Gasteiger partial charge >= 0.3 is 0 Å². The Kier molecular flexibility index (Phi) is 5.37. The van der Waals surface area contributed by atoms with Crippen LogP contribution in [0.5, 0.6) is 0 Å². The fourth-order valence-corrected chi connectivity index (χ4v) is 8.22. The van der Waals surface area contributed by atoms with E-state index in [-0.39, 0.29) is 5.91 Å². The summed E-state index contributed by atoms with van der Waals surface area (Å²) in [7, 11) is 0. The number of aromatic nitrogens is 2. The Labute approximate surface area is 194 Å². The van der Waals surface area contributed by atoms with Gasteiger partial charge in [-0.05, 0) is 106 Å². The van der Waals surface area contributed by atoms with Crippen molar-refractivity contribution in [3.8, 4) is 11.5 Å². The van der Waals surface area contributed by atoms with Crippen LogP contribution in [-0.4, -0.2) is 46.7 Å². The molecule has 7 heteroatoms. The Balaban J connectivity index is 1.00. The first kappa shape index (κ1) is 20.8. The van der Waals surface area contributed by atoms with Crippen molar-refractivity contribution in [1.29, 1.82) is 0 Å². The number of nitrogens with one attached hydrogen (secondary N) is 1. The van der Waals surface area contributed by atoms with Crippen LogP contribution in [0.15, 0.2) is 21.2 Å². The Bertz CT molecular complexity index is 912. The highest BCUT2D eigenvalue weighted by atomic mass is 32.1. The summed E-state index contributed by atoms with van der Waals surface area (Å²) in [5.74, 6) is 4.61. The van der Waals surface area contributed by atoms with E-state index in [1.807, 2.05) is 16.8 Å². The first-order chi connectivity index (χ1) is 15.6. The van der Waals surface area contributed by atoms with Crippen molar-refractivity contribution >= 4 is 17.2 Å². The fraction of sp³-hybridized carbons (Fsp3) is 0.720. The van der Waals surface area contributed by atoms with E-state index in [9.17, 15) is 4.79 Å². The van der Waals surface area contributed by atoms with Gasteiger partial charge in [0.2, 0.25) is 17.7 Å². The molecule has 1 saturated heterocycles. The van der Waals surface area contributed by atoms with E-state index in [4.69, 9.17) is 4.42 Å². The topological polar surface area (TPSA) is 71.3 Å². The van der Waals surface area contributed by atoms with Crippen LogP contribution in [0.3, 0.4) is 0 Å². The quantitative estimate of drug-likeness (QED) is 0.685. The number of piperidine rings is 1. The van der Waals surface area contributed by atoms with Crippen LogP contribution in [0.25, 0.3) is 11.5 Å². The van der Waals surface area contributed by atoms with Crippen LogP contribution >= 0.6 is 11.3 Å². The molecule has 172 valence electrons. The Morgan fingerprint density at radius 2 is 1.88 bits per heavy atom. The molecule has 2 aromatic rings. The second kappa shape index (κ2) is 8.24. The van der Waals surface area contributed by atoms with Crippen molar-refractivity contribution in [3.05, 3.63) is 22.7 Å². The van der Waals surface area contributed by atoms with Gasteiger partial charge in [0, 0.05) is 22.9 Å². The molecule has 1 unspecified atom stereocenters. The van der Waals surface area contributed by atoms with Gasteiger partial charge in [-0.2, -0.15) is 11.3 Å². The molecule has 0 spiro atoms. The molecule has 1 aliphatic heterocycles. The van der Waals surface area contributed by atoms with E-state index in [1.54, 1.807) is 11.3 Å². The van der Waals surface area contributed by atoms with Gasteiger partial charge in [0.1, 0.15) is 0 Å². The van der Waals surface area contributed by atoms with Gasteiger partial charge in [-0.3, -0.25) is 9.69 Å². The van der Waals surface area contributed by atoms with Crippen LogP contribution < -0.4 is 5.32 Å². The van der Waals surface area contributed by atoms with E-state index < -0.39 is 0 Å². The van der Waals surface area contributed by atoms with Crippen LogP contribution in [0.1, 0.15) is 70.1 Å². The molecule has 5 fully saturated rings. The summed E-state index contributed by atoms with van der Waals surface area (Å²) < 4.78 is 5.94. The van der Waals surface area contributed by atoms with Gasteiger partial charge in [-0.25, -0.2) is 0 Å². The molecule has 1 amide bonds. The van der Waals surface area contributed by atoms with Gasteiger partial charge in [-0.1, -0.05) is 0 Å². The third kappa shape index (κ3) is 3.92. The average molecular weight is 455 g/mol. The molecule has 3 heterocycles. The summed E-state index contributed by atoms with van der Waals surface area (Å²) in [6.45, 7) is 4.59.